The first-order valence-electron chi connectivity index (χ1n) is 13.2. The summed E-state index contributed by atoms with van der Waals surface area (Å²) in [4.78, 5) is 33.7. The van der Waals surface area contributed by atoms with Crippen LogP contribution in [0.3, 0.4) is 0 Å². The summed E-state index contributed by atoms with van der Waals surface area (Å²) in [5, 5.41) is 1.15. The number of anilines is 1. The molecule has 2 fully saturated rings. The number of carbonyl (C=O) groups is 2. The largest absolute Gasteiger partial charge is 0.450 e. The van der Waals surface area contributed by atoms with E-state index < -0.39 is 16.1 Å². The van der Waals surface area contributed by atoms with Gasteiger partial charge < -0.3 is 14.4 Å². The molecular weight excluding hydrogens is 576 g/mol. The van der Waals surface area contributed by atoms with E-state index in [9.17, 15) is 18.0 Å². The Morgan fingerprint density at radius 1 is 1.15 bits per heavy atom. The summed E-state index contributed by atoms with van der Waals surface area (Å²) in [6.45, 7) is 5.72. The lowest BCUT2D eigenvalue weighted by molar-refractivity contribution is 0.0916. The molecule has 0 spiro atoms. The van der Waals surface area contributed by atoms with Crippen molar-refractivity contribution in [2.45, 2.75) is 37.7 Å². The standard InChI is InChI=1S/C27H31ClN4O6S2/c1-3-37-27(34)30-12-14-31(15-13-30)40(35,36)21-8-6-19(7-9-21)25(33)32(17-20-5-4-16-38-20)26-29-24-18(2)22(28)10-11-23(24)39-26/h6-11,20H,3-5,12-17H2,1-2H3. The Bertz CT molecular complexity index is 1500. The fraction of sp³-hybridized carbons (Fsp3) is 0.444. The van der Waals surface area contributed by atoms with Crippen molar-refractivity contribution in [3.8, 4) is 0 Å². The zero-order valence-corrected chi connectivity index (χ0v) is 24.7. The first kappa shape index (κ1) is 28.7. The van der Waals surface area contributed by atoms with Crippen LogP contribution in [0.1, 0.15) is 35.7 Å². The van der Waals surface area contributed by atoms with Crippen LogP contribution in [-0.4, -0.2) is 86.6 Å². The zero-order valence-electron chi connectivity index (χ0n) is 22.3. The molecule has 0 N–H and O–H groups in total. The van der Waals surface area contributed by atoms with Gasteiger partial charge in [-0.3, -0.25) is 9.69 Å². The molecule has 0 bridgehead atoms. The molecular formula is C27H31ClN4O6S2. The summed E-state index contributed by atoms with van der Waals surface area (Å²) in [6, 6.07) is 9.68. The lowest BCUT2D eigenvalue weighted by Gasteiger charge is -2.33. The second-order valence-electron chi connectivity index (χ2n) is 9.68. The van der Waals surface area contributed by atoms with Gasteiger partial charge in [-0.1, -0.05) is 22.9 Å². The summed E-state index contributed by atoms with van der Waals surface area (Å²) in [5.41, 5.74) is 1.95. The summed E-state index contributed by atoms with van der Waals surface area (Å²) >= 11 is 7.71. The van der Waals surface area contributed by atoms with Gasteiger partial charge in [0.05, 0.1) is 34.4 Å². The molecule has 1 unspecified atom stereocenters. The Kier molecular flexibility index (Phi) is 8.62. The third-order valence-electron chi connectivity index (χ3n) is 7.13. The van der Waals surface area contributed by atoms with Crippen LogP contribution >= 0.6 is 22.9 Å². The number of sulfonamides is 1. The Morgan fingerprint density at radius 2 is 1.88 bits per heavy atom. The minimum atomic E-state index is -3.80. The fourth-order valence-electron chi connectivity index (χ4n) is 4.84. The number of hydrogen-bond acceptors (Lipinski definition) is 8. The van der Waals surface area contributed by atoms with E-state index in [1.165, 1.54) is 44.8 Å². The summed E-state index contributed by atoms with van der Waals surface area (Å²) in [5.74, 6) is -0.287. The molecule has 3 heterocycles. The number of aromatic nitrogens is 1. The minimum Gasteiger partial charge on any atom is -0.450 e. The normalized spacial score (nSPS) is 18.3. The van der Waals surface area contributed by atoms with E-state index in [-0.39, 0.29) is 49.7 Å². The van der Waals surface area contributed by atoms with Crippen LogP contribution in [0, 0.1) is 6.92 Å². The summed E-state index contributed by atoms with van der Waals surface area (Å²) in [6.07, 6.45) is 1.23. The van der Waals surface area contributed by atoms with Crippen LogP contribution in [0.5, 0.6) is 0 Å². The molecule has 0 radical (unpaired) electrons. The number of amides is 2. The topological polar surface area (TPSA) is 109 Å². The molecule has 5 rings (SSSR count). The molecule has 0 aliphatic carbocycles. The van der Waals surface area contributed by atoms with Crippen molar-refractivity contribution < 1.29 is 27.5 Å². The average molecular weight is 607 g/mol. The highest BCUT2D eigenvalue weighted by Crippen LogP contribution is 2.35. The van der Waals surface area contributed by atoms with Crippen molar-refractivity contribution in [3.63, 3.8) is 0 Å². The van der Waals surface area contributed by atoms with Crippen LogP contribution < -0.4 is 4.90 Å². The number of thiazole rings is 1. The van der Waals surface area contributed by atoms with Crippen molar-refractivity contribution in [3.05, 3.63) is 52.5 Å². The van der Waals surface area contributed by atoms with Gasteiger partial charge in [-0.2, -0.15) is 4.31 Å². The van der Waals surface area contributed by atoms with Crippen LogP contribution in [0.15, 0.2) is 41.3 Å². The lowest BCUT2D eigenvalue weighted by Crippen LogP contribution is -2.50. The predicted octanol–water partition coefficient (Wildman–Crippen LogP) is 4.55. The van der Waals surface area contributed by atoms with Crippen molar-refractivity contribution in [2.24, 2.45) is 0 Å². The molecule has 3 aromatic rings. The van der Waals surface area contributed by atoms with Crippen LogP contribution in [0.2, 0.25) is 5.02 Å². The van der Waals surface area contributed by atoms with E-state index in [2.05, 4.69) is 0 Å². The van der Waals surface area contributed by atoms with Gasteiger partial charge in [-0.05, 0) is 68.7 Å². The quantitative estimate of drug-likeness (QED) is 0.388. The first-order valence-corrected chi connectivity index (χ1v) is 15.8. The maximum Gasteiger partial charge on any atom is 0.409 e. The number of carbonyl (C=O) groups excluding carboxylic acids is 2. The number of ether oxygens (including phenoxy) is 2. The van der Waals surface area contributed by atoms with Gasteiger partial charge in [-0.15, -0.1) is 0 Å². The Morgan fingerprint density at radius 3 is 2.52 bits per heavy atom. The van der Waals surface area contributed by atoms with E-state index in [1.807, 2.05) is 19.1 Å². The van der Waals surface area contributed by atoms with Gasteiger partial charge in [0.15, 0.2) is 5.13 Å². The second-order valence-corrected chi connectivity index (χ2v) is 13.0. The maximum atomic E-state index is 13.8. The number of benzene rings is 2. The van der Waals surface area contributed by atoms with Gasteiger partial charge in [0, 0.05) is 43.4 Å². The highest BCUT2D eigenvalue weighted by molar-refractivity contribution is 7.89. The molecule has 0 saturated carbocycles. The molecule has 13 heteroatoms. The number of aryl methyl sites for hydroxylation is 1. The lowest BCUT2D eigenvalue weighted by atomic mass is 10.2. The van der Waals surface area contributed by atoms with Crippen LogP contribution in [0.4, 0.5) is 9.93 Å². The minimum absolute atomic E-state index is 0.0876. The average Bonchev–Trinajstić information content (AvgIpc) is 3.64. The second kappa shape index (κ2) is 12.0. The Hall–Kier alpha value is -2.77. The SMILES string of the molecule is CCOC(=O)N1CCN(S(=O)(=O)c2ccc(C(=O)N(CC3CCCO3)c3nc4c(C)c(Cl)ccc4s3)cc2)CC1. The fourth-order valence-corrected chi connectivity index (χ4v) is 7.45. The molecule has 1 aromatic heterocycles. The van der Waals surface area contributed by atoms with Crippen molar-refractivity contribution in [2.75, 3.05) is 50.8 Å². The van der Waals surface area contributed by atoms with E-state index >= 15 is 0 Å². The molecule has 2 aromatic carbocycles. The Balaban J connectivity index is 1.36. The molecule has 2 aliphatic heterocycles. The third-order valence-corrected chi connectivity index (χ3v) is 10.5. The van der Waals surface area contributed by atoms with E-state index in [0.717, 1.165) is 28.6 Å². The number of nitrogens with zero attached hydrogens (tertiary/aromatic N) is 4. The van der Waals surface area contributed by atoms with E-state index in [4.69, 9.17) is 26.1 Å². The van der Waals surface area contributed by atoms with E-state index in [1.54, 1.807) is 11.8 Å². The number of hydrogen-bond donors (Lipinski definition) is 0. The summed E-state index contributed by atoms with van der Waals surface area (Å²) < 4.78 is 39.6. The monoisotopic (exact) mass is 606 g/mol. The van der Waals surface area contributed by atoms with Gasteiger partial charge in [-0.25, -0.2) is 18.2 Å². The molecule has 214 valence electrons. The van der Waals surface area contributed by atoms with Crippen molar-refractivity contribution >= 4 is 60.3 Å². The molecule has 2 amide bonds. The molecule has 40 heavy (non-hydrogen) atoms. The van der Waals surface area contributed by atoms with Crippen LogP contribution in [-0.2, 0) is 19.5 Å². The highest BCUT2D eigenvalue weighted by atomic mass is 35.5. The number of halogens is 1. The Labute approximate surface area is 242 Å². The van der Waals surface area contributed by atoms with Crippen LogP contribution in [0.25, 0.3) is 10.2 Å². The van der Waals surface area contributed by atoms with Crippen molar-refractivity contribution in [1.29, 1.82) is 0 Å². The van der Waals surface area contributed by atoms with Gasteiger partial charge >= 0.3 is 6.09 Å². The molecule has 2 saturated heterocycles. The smallest absolute Gasteiger partial charge is 0.409 e. The van der Waals surface area contributed by atoms with E-state index in [0.29, 0.717) is 28.9 Å². The van der Waals surface area contributed by atoms with Gasteiger partial charge in [0.1, 0.15) is 0 Å². The highest BCUT2D eigenvalue weighted by Gasteiger charge is 2.32. The third kappa shape index (κ3) is 5.82. The first-order chi connectivity index (χ1) is 19.2. The molecule has 10 nitrogen and oxygen atoms in total. The van der Waals surface area contributed by atoms with Gasteiger partial charge in [0.2, 0.25) is 10.0 Å². The molecule has 1 atom stereocenters. The predicted molar refractivity (Wildman–Crippen MR) is 154 cm³/mol. The zero-order chi connectivity index (χ0) is 28.4. The summed E-state index contributed by atoms with van der Waals surface area (Å²) in [7, 11) is -3.80. The van der Waals surface area contributed by atoms with Crippen molar-refractivity contribution in [1.82, 2.24) is 14.2 Å². The molecule has 2 aliphatic rings. The number of piperazine rings is 1. The number of rotatable bonds is 7. The number of fused-ring (bicyclic) bond motifs is 1. The van der Waals surface area contributed by atoms with Gasteiger partial charge in [0.25, 0.3) is 5.91 Å². The maximum absolute atomic E-state index is 13.8.